The van der Waals surface area contributed by atoms with E-state index in [1.54, 1.807) is 25.7 Å². The summed E-state index contributed by atoms with van der Waals surface area (Å²) < 4.78 is 5.12. The van der Waals surface area contributed by atoms with Crippen molar-refractivity contribution in [2.45, 2.75) is 12.5 Å². The largest absolute Gasteiger partial charge is 0.495 e. The molecule has 0 bridgehead atoms. The van der Waals surface area contributed by atoms with Crippen molar-refractivity contribution in [3.63, 3.8) is 0 Å². The molecule has 88 valence electrons. The Balaban J connectivity index is 2.11. The van der Waals surface area contributed by atoms with E-state index in [1.807, 2.05) is 24.3 Å². The van der Waals surface area contributed by atoms with E-state index in [-0.39, 0.29) is 6.04 Å². The highest BCUT2D eigenvalue weighted by molar-refractivity contribution is 5.26. The Morgan fingerprint density at radius 1 is 1.35 bits per heavy atom. The molecular formula is C13H15N3O. The third-order valence-electron chi connectivity index (χ3n) is 2.55. The molecule has 2 N–H and O–H groups in total. The van der Waals surface area contributed by atoms with Gasteiger partial charge in [0.05, 0.1) is 13.3 Å². The predicted molar refractivity (Wildman–Crippen MR) is 65.7 cm³/mol. The van der Waals surface area contributed by atoms with Gasteiger partial charge in [-0.05, 0) is 23.8 Å². The number of rotatable bonds is 4. The summed E-state index contributed by atoms with van der Waals surface area (Å²) in [6, 6.07) is 7.60. The average Bonchev–Trinajstić information content (AvgIpc) is 2.40. The van der Waals surface area contributed by atoms with Crippen molar-refractivity contribution in [2.75, 3.05) is 7.11 Å². The third-order valence-corrected chi connectivity index (χ3v) is 2.55. The minimum absolute atomic E-state index is 0.118. The third kappa shape index (κ3) is 3.01. The monoisotopic (exact) mass is 229 g/mol. The smallest absolute Gasteiger partial charge is 0.137 e. The number of hydrogen-bond donors (Lipinski definition) is 1. The highest BCUT2D eigenvalue weighted by Crippen LogP contribution is 2.18. The number of ether oxygens (including phenoxy) is 1. The number of aromatic nitrogens is 2. The van der Waals surface area contributed by atoms with Gasteiger partial charge in [-0.1, -0.05) is 6.07 Å². The molecule has 0 amide bonds. The highest BCUT2D eigenvalue weighted by Gasteiger charge is 2.09. The van der Waals surface area contributed by atoms with Crippen LogP contribution in [0.3, 0.4) is 0 Å². The van der Waals surface area contributed by atoms with Gasteiger partial charge >= 0.3 is 0 Å². The van der Waals surface area contributed by atoms with Crippen molar-refractivity contribution in [3.8, 4) is 5.75 Å². The van der Waals surface area contributed by atoms with Gasteiger partial charge in [-0.25, -0.2) is 0 Å². The molecule has 0 spiro atoms. The zero-order chi connectivity index (χ0) is 12.1. The second kappa shape index (κ2) is 5.41. The first-order valence-electron chi connectivity index (χ1n) is 5.44. The molecule has 2 aromatic heterocycles. The minimum atomic E-state index is -0.118. The van der Waals surface area contributed by atoms with Crippen LogP contribution < -0.4 is 10.5 Å². The molecule has 2 heterocycles. The first-order valence-corrected chi connectivity index (χ1v) is 5.44. The topological polar surface area (TPSA) is 61.0 Å². The van der Waals surface area contributed by atoms with Gasteiger partial charge in [0.2, 0.25) is 0 Å². The Hall–Kier alpha value is -1.94. The lowest BCUT2D eigenvalue weighted by Crippen LogP contribution is -2.14. The lowest BCUT2D eigenvalue weighted by atomic mass is 10.0. The van der Waals surface area contributed by atoms with E-state index in [1.165, 1.54) is 0 Å². The van der Waals surface area contributed by atoms with Crippen LogP contribution >= 0.6 is 0 Å². The standard InChI is InChI=1S/C13H15N3O/c1-17-12-6-10(8-15-9-12)13(14)7-11-4-2-3-5-16-11/h2-6,8-9,13H,7,14H2,1H3. The normalized spacial score (nSPS) is 12.1. The van der Waals surface area contributed by atoms with E-state index in [0.29, 0.717) is 6.42 Å². The molecule has 0 radical (unpaired) electrons. The van der Waals surface area contributed by atoms with E-state index in [4.69, 9.17) is 10.5 Å². The van der Waals surface area contributed by atoms with Crippen molar-refractivity contribution in [2.24, 2.45) is 5.73 Å². The van der Waals surface area contributed by atoms with Gasteiger partial charge in [-0.2, -0.15) is 0 Å². The average molecular weight is 229 g/mol. The molecule has 2 rings (SSSR count). The van der Waals surface area contributed by atoms with Crippen LogP contribution in [0.1, 0.15) is 17.3 Å². The Morgan fingerprint density at radius 3 is 2.94 bits per heavy atom. The quantitative estimate of drug-likeness (QED) is 0.867. The van der Waals surface area contributed by atoms with E-state index in [2.05, 4.69) is 9.97 Å². The minimum Gasteiger partial charge on any atom is -0.495 e. The van der Waals surface area contributed by atoms with E-state index in [0.717, 1.165) is 17.0 Å². The number of hydrogen-bond acceptors (Lipinski definition) is 4. The molecule has 0 saturated heterocycles. The summed E-state index contributed by atoms with van der Waals surface area (Å²) in [5, 5.41) is 0. The van der Waals surface area contributed by atoms with E-state index in [9.17, 15) is 0 Å². The van der Waals surface area contributed by atoms with Crippen molar-refractivity contribution in [3.05, 3.63) is 54.1 Å². The van der Waals surface area contributed by atoms with Crippen LogP contribution in [0.2, 0.25) is 0 Å². The number of methoxy groups -OCH3 is 1. The van der Waals surface area contributed by atoms with Crippen LogP contribution in [-0.2, 0) is 6.42 Å². The van der Waals surface area contributed by atoms with Crippen LogP contribution in [-0.4, -0.2) is 17.1 Å². The summed E-state index contributed by atoms with van der Waals surface area (Å²) in [4.78, 5) is 8.35. The van der Waals surface area contributed by atoms with Gasteiger partial charge in [-0.15, -0.1) is 0 Å². The molecular weight excluding hydrogens is 214 g/mol. The molecule has 0 aliphatic rings. The second-order valence-corrected chi connectivity index (χ2v) is 3.79. The number of nitrogens with zero attached hydrogens (tertiary/aromatic N) is 2. The molecule has 0 aliphatic heterocycles. The van der Waals surface area contributed by atoms with E-state index >= 15 is 0 Å². The zero-order valence-electron chi connectivity index (χ0n) is 9.71. The van der Waals surface area contributed by atoms with Gasteiger partial charge in [0.25, 0.3) is 0 Å². The molecule has 0 aliphatic carbocycles. The summed E-state index contributed by atoms with van der Waals surface area (Å²) in [5.74, 6) is 0.721. The summed E-state index contributed by atoms with van der Waals surface area (Å²) >= 11 is 0. The van der Waals surface area contributed by atoms with Crippen molar-refractivity contribution in [1.29, 1.82) is 0 Å². The summed E-state index contributed by atoms with van der Waals surface area (Å²) in [6.07, 6.45) is 5.88. The first kappa shape index (κ1) is 11.5. The number of nitrogens with two attached hydrogens (primary N) is 1. The van der Waals surface area contributed by atoms with E-state index < -0.39 is 0 Å². The molecule has 2 aromatic rings. The SMILES string of the molecule is COc1cncc(C(N)Cc2ccccn2)c1. The Labute approximate surface area is 100 Å². The Morgan fingerprint density at radius 2 is 2.24 bits per heavy atom. The maximum Gasteiger partial charge on any atom is 0.137 e. The lowest BCUT2D eigenvalue weighted by molar-refractivity contribution is 0.411. The van der Waals surface area contributed by atoms with Crippen LogP contribution in [0.5, 0.6) is 5.75 Å². The van der Waals surface area contributed by atoms with Crippen molar-refractivity contribution < 1.29 is 4.74 Å². The van der Waals surface area contributed by atoms with Crippen LogP contribution in [0, 0.1) is 0 Å². The first-order chi connectivity index (χ1) is 8.29. The fourth-order valence-corrected chi connectivity index (χ4v) is 1.61. The molecule has 0 fully saturated rings. The Bertz CT molecular complexity index is 473. The second-order valence-electron chi connectivity index (χ2n) is 3.79. The molecule has 4 heteroatoms. The fourth-order valence-electron chi connectivity index (χ4n) is 1.61. The van der Waals surface area contributed by atoms with Crippen LogP contribution in [0.4, 0.5) is 0 Å². The van der Waals surface area contributed by atoms with Gasteiger partial charge in [-0.3, -0.25) is 9.97 Å². The highest BCUT2D eigenvalue weighted by atomic mass is 16.5. The van der Waals surface area contributed by atoms with Crippen molar-refractivity contribution >= 4 is 0 Å². The van der Waals surface area contributed by atoms with Crippen molar-refractivity contribution in [1.82, 2.24) is 9.97 Å². The maximum absolute atomic E-state index is 6.12. The molecule has 4 nitrogen and oxygen atoms in total. The fraction of sp³-hybridized carbons (Fsp3) is 0.231. The summed E-state index contributed by atoms with van der Waals surface area (Å²) in [7, 11) is 1.62. The summed E-state index contributed by atoms with van der Waals surface area (Å²) in [5.41, 5.74) is 8.04. The Kier molecular flexibility index (Phi) is 3.67. The van der Waals surface area contributed by atoms with Gasteiger partial charge < -0.3 is 10.5 Å². The van der Waals surface area contributed by atoms with Gasteiger partial charge in [0, 0.05) is 30.6 Å². The lowest BCUT2D eigenvalue weighted by Gasteiger charge is -2.11. The molecule has 0 aromatic carbocycles. The van der Waals surface area contributed by atoms with Gasteiger partial charge in [0.1, 0.15) is 5.75 Å². The predicted octanol–water partition coefficient (Wildman–Crippen LogP) is 1.73. The van der Waals surface area contributed by atoms with Crippen LogP contribution in [0.25, 0.3) is 0 Å². The maximum atomic E-state index is 6.12. The van der Waals surface area contributed by atoms with Gasteiger partial charge in [0.15, 0.2) is 0 Å². The van der Waals surface area contributed by atoms with Crippen LogP contribution in [0.15, 0.2) is 42.9 Å². The summed E-state index contributed by atoms with van der Waals surface area (Å²) in [6.45, 7) is 0. The number of pyridine rings is 2. The zero-order valence-corrected chi connectivity index (χ0v) is 9.71. The molecule has 1 atom stereocenters. The molecule has 0 saturated carbocycles. The molecule has 1 unspecified atom stereocenters. The molecule has 17 heavy (non-hydrogen) atoms.